The van der Waals surface area contributed by atoms with E-state index in [0.717, 1.165) is 6.42 Å². The van der Waals surface area contributed by atoms with E-state index in [2.05, 4.69) is 6.58 Å². The third kappa shape index (κ3) is 5.26. The van der Waals surface area contributed by atoms with Crippen LogP contribution in [0.1, 0.15) is 24.0 Å². The Morgan fingerprint density at radius 1 is 0.774 bits per heavy atom. The van der Waals surface area contributed by atoms with Gasteiger partial charge in [0.15, 0.2) is 23.1 Å². The van der Waals surface area contributed by atoms with Crippen molar-refractivity contribution in [2.75, 3.05) is 6.61 Å². The van der Waals surface area contributed by atoms with Crippen LogP contribution < -0.4 is 9.47 Å². The summed E-state index contributed by atoms with van der Waals surface area (Å²) >= 11 is 0. The van der Waals surface area contributed by atoms with Gasteiger partial charge in [-0.15, -0.1) is 6.58 Å². The van der Waals surface area contributed by atoms with Gasteiger partial charge < -0.3 is 9.47 Å². The molecule has 6 heteroatoms. The van der Waals surface area contributed by atoms with Crippen molar-refractivity contribution in [3.8, 4) is 22.6 Å². The molecule has 3 aromatic rings. The fraction of sp³-hybridized carbons (Fsp3) is 0.200. The molecule has 162 valence electrons. The summed E-state index contributed by atoms with van der Waals surface area (Å²) in [6.45, 7) is 5.32. The maximum Gasteiger partial charge on any atom is 0.201 e. The summed E-state index contributed by atoms with van der Waals surface area (Å²) in [4.78, 5) is 0. The Kier molecular flexibility index (Phi) is 7.34. The lowest BCUT2D eigenvalue weighted by atomic mass is 10.0. The molecule has 0 N–H and O–H groups in total. The van der Waals surface area contributed by atoms with Crippen molar-refractivity contribution < 1.29 is 27.0 Å². The van der Waals surface area contributed by atoms with Gasteiger partial charge in [-0.1, -0.05) is 36.4 Å². The Hall–Kier alpha value is -3.28. The molecule has 0 aromatic heterocycles. The fourth-order valence-electron chi connectivity index (χ4n) is 2.96. The first-order valence-electron chi connectivity index (χ1n) is 9.80. The minimum atomic E-state index is -1.04. The predicted octanol–water partition coefficient (Wildman–Crippen LogP) is 7.14. The Bertz CT molecular complexity index is 1060. The highest BCUT2D eigenvalue weighted by Gasteiger charge is 2.16. The molecule has 3 rings (SSSR count). The highest BCUT2D eigenvalue weighted by atomic mass is 19.2. The van der Waals surface area contributed by atoms with Gasteiger partial charge >= 0.3 is 0 Å². The number of ether oxygens (including phenoxy) is 2. The van der Waals surface area contributed by atoms with Crippen molar-refractivity contribution >= 4 is 0 Å². The summed E-state index contributed by atoms with van der Waals surface area (Å²) in [7, 11) is 0. The van der Waals surface area contributed by atoms with Crippen LogP contribution in [0, 0.1) is 30.2 Å². The first-order valence-corrected chi connectivity index (χ1v) is 9.80. The van der Waals surface area contributed by atoms with E-state index in [9.17, 15) is 17.6 Å². The number of unbranched alkanes of at least 4 members (excludes halogenated alkanes) is 1. The number of aryl methyl sites for hydroxylation is 1. The molecule has 0 saturated carbocycles. The predicted molar refractivity (Wildman–Crippen MR) is 112 cm³/mol. The van der Waals surface area contributed by atoms with E-state index in [-0.39, 0.29) is 35.8 Å². The molecule has 0 aliphatic rings. The Labute approximate surface area is 178 Å². The van der Waals surface area contributed by atoms with Crippen LogP contribution in [-0.2, 0) is 6.61 Å². The zero-order chi connectivity index (χ0) is 22.4. The minimum Gasteiger partial charge on any atom is -0.490 e. The quantitative estimate of drug-likeness (QED) is 0.204. The summed E-state index contributed by atoms with van der Waals surface area (Å²) < 4.78 is 67.0. The van der Waals surface area contributed by atoms with Gasteiger partial charge in [0.1, 0.15) is 6.61 Å². The molecule has 0 radical (unpaired) electrons. The number of allylic oxidation sites excluding steroid dienone is 1. The fourth-order valence-corrected chi connectivity index (χ4v) is 2.96. The number of rotatable bonds is 9. The van der Waals surface area contributed by atoms with Crippen LogP contribution in [-0.4, -0.2) is 6.61 Å². The second kappa shape index (κ2) is 10.2. The maximum absolute atomic E-state index is 14.5. The third-order valence-electron chi connectivity index (χ3n) is 4.76. The Balaban J connectivity index is 1.69. The summed E-state index contributed by atoms with van der Waals surface area (Å²) in [5.41, 5.74) is 1.41. The molecule has 0 heterocycles. The first-order chi connectivity index (χ1) is 14.9. The van der Waals surface area contributed by atoms with Crippen LogP contribution in [0.25, 0.3) is 11.1 Å². The molecular formula is C25H22F4O2. The van der Waals surface area contributed by atoms with Gasteiger partial charge in [0.2, 0.25) is 11.6 Å². The molecule has 31 heavy (non-hydrogen) atoms. The van der Waals surface area contributed by atoms with Gasteiger partial charge in [-0.05, 0) is 54.7 Å². The van der Waals surface area contributed by atoms with Crippen molar-refractivity contribution in [1.29, 1.82) is 0 Å². The largest absolute Gasteiger partial charge is 0.490 e. The van der Waals surface area contributed by atoms with Crippen molar-refractivity contribution in [2.24, 2.45) is 0 Å². The lowest BCUT2D eigenvalue weighted by Gasteiger charge is -2.11. The average Bonchev–Trinajstić information content (AvgIpc) is 2.78. The average molecular weight is 430 g/mol. The Morgan fingerprint density at radius 3 is 2.13 bits per heavy atom. The van der Waals surface area contributed by atoms with Crippen molar-refractivity contribution in [2.45, 2.75) is 26.4 Å². The monoisotopic (exact) mass is 430 g/mol. The second-order valence-electron chi connectivity index (χ2n) is 7.01. The summed E-state index contributed by atoms with van der Waals surface area (Å²) in [6, 6.07) is 12.1. The van der Waals surface area contributed by atoms with E-state index in [0.29, 0.717) is 17.5 Å². The molecule has 3 aromatic carbocycles. The van der Waals surface area contributed by atoms with E-state index in [1.54, 1.807) is 30.3 Å². The second-order valence-corrected chi connectivity index (χ2v) is 7.01. The number of hydrogen-bond donors (Lipinski definition) is 0. The van der Waals surface area contributed by atoms with Crippen LogP contribution >= 0.6 is 0 Å². The van der Waals surface area contributed by atoms with Crippen LogP contribution in [0.5, 0.6) is 11.5 Å². The van der Waals surface area contributed by atoms with Crippen LogP contribution in [0.2, 0.25) is 0 Å². The smallest absolute Gasteiger partial charge is 0.201 e. The normalized spacial score (nSPS) is 10.7. The first kappa shape index (κ1) is 22.4. The molecule has 2 nitrogen and oxygen atoms in total. The van der Waals surface area contributed by atoms with Gasteiger partial charge in [0, 0.05) is 5.56 Å². The van der Waals surface area contributed by atoms with Gasteiger partial charge in [-0.25, -0.2) is 8.78 Å². The molecule has 0 bridgehead atoms. The SMILES string of the molecule is C=CCCCOc1ccc(-c2ccc(COc3ccc(C)c(F)c3F)cc2)c(F)c1F. The lowest BCUT2D eigenvalue weighted by molar-refractivity contribution is 0.284. The molecule has 0 aliphatic carbocycles. The van der Waals surface area contributed by atoms with E-state index in [1.807, 2.05) is 0 Å². The van der Waals surface area contributed by atoms with E-state index in [4.69, 9.17) is 9.47 Å². The summed E-state index contributed by atoms with van der Waals surface area (Å²) in [6.07, 6.45) is 3.12. The highest BCUT2D eigenvalue weighted by Crippen LogP contribution is 2.30. The molecule has 0 unspecified atom stereocenters. The van der Waals surface area contributed by atoms with E-state index in [1.165, 1.54) is 31.2 Å². The zero-order valence-electron chi connectivity index (χ0n) is 17.1. The van der Waals surface area contributed by atoms with Crippen LogP contribution in [0.4, 0.5) is 17.6 Å². The van der Waals surface area contributed by atoms with Crippen LogP contribution in [0.3, 0.4) is 0 Å². The molecule has 0 saturated heterocycles. The lowest BCUT2D eigenvalue weighted by Crippen LogP contribution is -2.02. The highest BCUT2D eigenvalue weighted by molar-refractivity contribution is 5.65. The maximum atomic E-state index is 14.5. The minimum absolute atomic E-state index is 0.00592. The summed E-state index contributed by atoms with van der Waals surface area (Å²) in [5, 5.41) is 0. The van der Waals surface area contributed by atoms with Crippen molar-refractivity contribution in [3.63, 3.8) is 0 Å². The molecular weight excluding hydrogens is 408 g/mol. The van der Waals surface area contributed by atoms with Gasteiger partial charge in [-0.3, -0.25) is 0 Å². The Morgan fingerprint density at radius 2 is 1.42 bits per heavy atom. The number of halogens is 4. The zero-order valence-corrected chi connectivity index (χ0v) is 17.1. The number of hydrogen-bond acceptors (Lipinski definition) is 2. The van der Waals surface area contributed by atoms with E-state index >= 15 is 0 Å². The van der Waals surface area contributed by atoms with Crippen LogP contribution in [0.15, 0.2) is 61.2 Å². The van der Waals surface area contributed by atoms with Gasteiger partial charge in [0.05, 0.1) is 6.61 Å². The molecule has 0 aliphatic heterocycles. The van der Waals surface area contributed by atoms with Gasteiger partial charge in [-0.2, -0.15) is 8.78 Å². The number of benzene rings is 3. The molecule has 0 amide bonds. The molecule has 0 spiro atoms. The van der Waals surface area contributed by atoms with Gasteiger partial charge in [0.25, 0.3) is 0 Å². The topological polar surface area (TPSA) is 18.5 Å². The van der Waals surface area contributed by atoms with E-state index < -0.39 is 23.3 Å². The summed E-state index contributed by atoms with van der Waals surface area (Å²) in [5.74, 6) is -4.35. The van der Waals surface area contributed by atoms with Crippen molar-refractivity contribution in [1.82, 2.24) is 0 Å². The molecule has 0 atom stereocenters. The van der Waals surface area contributed by atoms with Crippen molar-refractivity contribution in [3.05, 3.63) is 95.6 Å². The third-order valence-corrected chi connectivity index (χ3v) is 4.76. The standard InChI is InChI=1S/C25H22F4O2/c1-3-4-5-14-30-20-13-11-19(23(27)25(20)29)18-9-7-17(8-10-18)15-31-21-12-6-16(2)22(26)24(21)28/h3,6-13H,1,4-5,14-15H2,2H3. The molecule has 0 fully saturated rings.